The highest BCUT2D eigenvalue weighted by atomic mass is 31.2. The summed E-state index contributed by atoms with van der Waals surface area (Å²) in [6.45, 7) is 0. The maximum absolute atomic E-state index is 12.8. The maximum atomic E-state index is 12.8. The molecule has 3 N–H and O–H groups in total. The fourth-order valence-corrected chi connectivity index (χ4v) is 7.18. The Labute approximate surface area is 191 Å². The van der Waals surface area contributed by atoms with Gasteiger partial charge in [0.15, 0.2) is 5.44 Å². The Morgan fingerprint density at radius 2 is 1.47 bits per heavy atom. The average molecular weight is 458 g/mol. The summed E-state index contributed by atoms with van der Waals surface area (Å²) in [7, 11) is -2.50. The van der Waals surface area contributed by atoms with E-state index < -0.39 is 8.38 Å². The second-order valence-electron chi connectivity index (χ2n) is 10.3. The highest BCUT2D eigenvalue weighted by Gasteiger charge is 2.34. The van der Waals surface area contributed by atoms with Crippen LogP contribution in [0.2, 0.25) is 0 Å². The highest BCUT2D eigenvalue weighted by molar-refractivity contribution is 7.53. The number of hydrogen-bond acceptors (Lipinski definition) is 5. The summed E-state index contributed by atoms with van der Waals surface area (Å²) >= 11 is 0. The first-order valence-electron chi connectivity index (χ1n) is 12.5. The minimum atomic E-state index is -2.50. The molecule has 2 aromatic rings. The molecule has 3 heterocycles. The second kappa shape index (κ2) is 9.89. The van der Waals surface area contributed by atoms with Crippen molar-refractivity contribution < 1.29 is 9.79 Å². The lowest BCUT2D eigenvalue weighted by atomic mass is 9.72. The van der Waals surface area contributed by atoms with Crippen molar-refractivity contribution in [3.63, 3.8) is 0 Å². The van der Waals surface area contributed by atoms with Gasteiger partial charge in [0.05, 0.1) is 11.0 Å². The van der Waals surface area contributed by atoms with Gasteiger partial charge in [-0.15, -0.1) is 0 Å². The quantitative estimate of drug-likeness (QED) is 0.590. The van der Waals surface area contributed by atoms with Gasteiger partial charge in [0.2, 0.25) is 8.38 Å². The summed E-state index contributed by atoms with van der Waals surface area (Å²) in [4.78, 5) is 36.2. The zero-order valence-corrected chi connectivity index (χ0v) is 19.7. The van der Waals surface area contributed by atoms with E-state index in [9.17, 15) is 14.6 Å². The Morgan fingerprint density at radius 3 is 2.06 bits per heavy atom. The Morgan fingerprint density at radius 1 is 0.875 bits per heavy atom. The van der Waals surface area contributed by atoms with Crippen LogP contribution in [0.4, 0.5) is 0 Å². The summed E-state index contributed by atoms with van der Waals surface area (Å²) < 4.78 is 1.76. The van der Waals surface area contributed by atoms with E-state index in [0.29, 0.717) is 17.6 Å². The minimum absolute atomic E-state index is 0.0839. The summed E-state index contributed by atoms with van der Waals surface area (Å²) in [5, 5.41) is 3.63. The molecule has 2 saturated carbocycles. The molecule has 7 heteroatoms. The fourth-order valence-electron chi connectivity index (χ4n) is 6.70. The molecule has 0 radical (unpaired) electrons. The molecule has 4 bridgehead atoms. The molecule has 1 aromatic carbocycles. The van der Waals surface area contributed by atoms with Crippen LogP contribution in [0.1, 0.15) is 83.1 Å². The van der Waals surface area contributed by atoms with E-state index in [1.165, 1.54) is 19.3 Å². The monoisotopic (exact) mass is 457 g/mol. The van der Waals surface area contributed by atoms with Crippen molar-refractivity contribution in [1.29, 1.82) is 0 Å². The Hall–Kier alpha value is -1.33. The van der Waals surface area contributed by atoms with Crippen LogP contribution in [0.15, 0.2) is 29.1 Å². The molecular formula is C25H36N3O3P. The number of rotatable bonds is 2. The first kappa shape index (κ1) is 22.5. The van der Waals surface area contributed by atoms with Crippen molar-refractivity contribution in [3.05, 3.63) is 34.6 Å². The molecule has 32 heavy (non-hydrogen) atoms. The summed E-state index contributed by atoms with van der Waals surface area (Å²) in [5.74, 6) is 2.30. The van der Waals surface area contributed by atoms with Crippen molar-refractivity contribution >= 4 is 24.8 Å². The molecule has 2 saturated heterocycles. The van der Waals surface area contributed by atoms with Crippen LogP contribution < -0.4 is 16.3 Å². The minimum Gasteiger partial charge on any atom is -0.345 e. The van der Waals surface area contributed by atoms with Crippen molar-refractivity contribution in [2.45, 2.75) is 95.2 Å². The molecule has 1 aromatic heterocycles. The van der Waals surface area contributed by atoms with E-state index in [4.69, 9.17) is 0 Å². The van der Waals surface area contributed by atoms with Gasteiger partial charge >= 0.3 is 0 Å². The van der Waals surface area contributed by atoms with Gasteiger partial charge in [-0.3, -0.25) is 4.79 Å². The SMILES string of the molecule is C1CC2CCCC(C1)C2.O=c1c(P(O)O)nc2ccccc2n1C1CC2CCCC(C1)N2. The van der Waals surface area contributed by atoms with E-state index in [-0.39, 0.29) is 17.0 Å². The molecule has 4 aliphatic rings. The molecule has 0 amide bonds. The molecule has 4 fully saturated rings. The lowest BCUT2D eigenvalue weighted by molar-refractivity contribution is 0.189. The number of aromatic nitrogens is 2. The van der Waals surface area contributed by atoms with Crippen LogP contribution in [-0.2, 0) is 0 Å². The first-order chi connectivity index (χ1) is 15.6. The van der Waals surface area contributed by atoms with Crippen LogP contribution in [0.5, 0.6) is 0 Å². The predicted molar refractivity (Wildman–Crippen MR) is 129 cm³/mol. The Balaban J connectivity index is 0.000000199. The predicted octanol–water partition coefficient (Wildman–Crippen LogP) is 4.14. The van der Waals surface area contributed by atoms with E-state index in [1.807, 2.05) is 24.3 Å². The normalized spacial score (nSPS) is 31.8. The summed E-state index contributed by atoms with van der Waals surface area (Å²) in [5.41, 5.74) is 0.941. The number of nitrogens with zero attached hydrogens (tertiary/aromatic N) is 2. The molecule has 2 aliphatic carbocycles. The molecule has 6 nitrogen and oxygen atoms in total. The van der Waals surface area contributed by atoms with E-state index >= 15 is 0 Å². The average Bonchev–Trinajstić information content (AvgIpc) is 2.79. The van der Waals surface area contributed by atoms with E-state index in [0.717, 1.165) is 43.0 Å². The van der Waals surface area contributed by atoms with Crippen LogP contribution in [0.3, 0.4) is 0 Å². The largest absolute Gasteiger partial charge is 0.345 e. The molecule has 2 unspecified atom stereocenters. The van der Waals surface area contributed by atoms with Gasteiger partial charge in [-0.1, -0.05) is 57.1 Å². The standard InChI is InChI=1S/C16H20N3O3P.C9H16/c20-16-15(23(21)22)18-13-6-1-2-7-14(13)19(16)12-8-10-4-3-5-11(9-12)17-10;1-3-8-5-2-6-9(4-1)7-8/h1-2,6-7,10-12,17,21-22H,3-5,8-9H2;8-9H,1-7H2. The Kier molecular flexibility index (Phi) is 6.94. The fraction of sp³-hybridized carbons (Fsp3) is 0.680. The van der Waals surface area contributed by atoms with Gasteiger partial charge < -0.3 is 19.7 Å². The van der Waals surface area contributed by atoms with Crippen molar-refractivity contribution in [1.82, 2.24) is 14.9 Å². The topological polar surface area (TPSA) is 87.4 Å². The van der Waals surface area contributed by atoms with Gasteiger partial charge in [0.1, 0.15) is 0 Å². The van der Waals surface area contributed by atoms with E-state index in [1.54, 1.807) is 36.7 Å². The van der Waals surface area contributed by atoms with Crippen LogP contribution in [0, 0.1) is 11.8 Å². The van der Waals surface area contributed by atoms with E-state index in [2.05, 4.69) is 10.3 Å². The number of nitrogens with one attached hydrogen (secondary N) is 1. The van der Waals surface area contributed by atoms with Crippen LogP contribution >= 0.6 is 8.38 Å². The third-order valence-electron chi connectivity index (χ3n) is 8.14. The molecular weight excluding hydrogens is 421 g/mol. The third-order valence-corrected chi connectivity index (χ3v) is 8.81. The van der Waals surface area contributed by atoms with Crippen molar-refractivity contribution in [3.8, 4) is 0 Å². The zero-order chi connectivity index (χ0) is 22.1. The molecule has 2 atom stereocenters. The van der Waals surface area contributed by atoms with Crippen molar-refractivity contribution in [2.24, 2.45) is 11.8 Å². The summed E-state index contributed by atoms with van der Waals surface area (Å²) in [6.07, 6.45) is 16.2. The second-order valence-corrected chi connectivity index (χ2v) is 11.3. The number of fused-ring (bicyclic) bond motifs is 5. The Bertz CT molecular complexity index is 962. The number of piperidine rings is 2. The highest BCUT2D eigenvalue weighted by Crippen LogP contribution is 2.39. The lowest BCUT2D eigenvalue weighted by Gasteiger charge is -2.41. The van der Waals surface area contributed by atoms with Crippen LogP contribution in [-0.4, -0.2) is 31.4 Å². The zero-order valence-electron chi connectivity index (χ0n) is 18.8. The number of para-hydroxylation sites is 2. The smallest absolute Gasteiger partial charge is 0.282 e. The first-order valence-corrected chi connectivity index (χ1v) is 13.8. The van der Waals surface area contributed by atoms with Gasteiger partial charge in [-0.05, 0) is 56.1 Å². The molecule has 174 valence electrons. The maximum Gasteiger partial charge on any atom is 0.282 e. The van der Waals surface area contributed by atoms with Gasteiger partial charge in [-0.2, -0.15) is 0 Å². The lowest BCUT2D eigenvalue weighted by Crippen LogP contribution is -2.51. The molecule has 0 spiro atoms. The number of hydrogen-bond donors (Lipinski definition) is 3. The van der Waals surface area contributed by atoms with Gasteiger partial charge in [0, 0.05) is 18.1 Å². The molecule has 6 rings (SSSR count). The van der Waals surface area contributed by atoms with Gasteiger partial charge in [0.25, 0.3) is 5.56 Å². The summed E-state index contributed by atoms with van der Waals surface area (Å²) in [6, 6.07) is 8.42. The van der Waals surface area contributed by atoms with Gasteiger partial charge in [-0.25, -0.2) is 4.98 Å². The molecule has 2 aliphatic heterocycles. The number of benzene rings is 1. The van der Waals surface area contributed by atoms with Crippen molar-refractivity contribution in [2.75, 3.05) is 0 Å². The third kappa shape index (κ3) is 4.79. The van der Waals surface area contributed by atoms with Crippen LogP contribution in [0.25, 0.3) is 11.0 Å².